The van der Waals surface area contributed by atoms with Gasteiger partial charge in [-0.1, -0.05) is 0 Å². The Labute approximate surface area is 80.9 Å². The third-order valence-electron chi connectivity index (χ3n) is 0. The summed E-state index contributed by atoms with van der Waals surface area (Å²) >= 11 is 0. The zero-order chi connectivity index (χ0) is 10.7. The molecule has 0 fully saturated rings. The van der Waals surface area contributed by atoms with E-state index in [-0.39, 0.29) is 16.5 Å². The maximum Gasteiger partial charge on any atom is 0.0689 e. The number of carbonyl (C=O) groups excluding carboxylic acids is 1. The Morgan fingerprint density at radius 2 is 1.00 bits per heavy atom. The second kappa shape index (κ2) is 16.8. The minimum absolute atomic E-state index is 0. The number of carbonyl (C=O) groups is 1. The number of hydrogen-bond donors (Lipinski definition) is 0. The van der Waals surface area contributed by atoms with E-state index in [2.05, 4.69) is 0 Å². The Morgan fingerprint density at radius 3 is 1.00 bits per heavy atom. The maximum absolute atomic E-state index is 8.89. The minimum Gasteiger partial charge on any atom is -0.550 e. The second-order valence-corrected chi connectivity index (χ2v) is 0.939. The molecule has 0 N–H and O–H groups in total. The van der Waals surface area contributed by atoms with Gasteiger partial charge in [0.2, 0.25) is 0 Å². The average molecular weight is 242 g/mol. The summed E-state index contributed by atoms with van der Waals surface area (Å²) in [6, 6.07) is 0. The number of aliphatic carboxylic acids is 1. The molecule has 0 aromatic rings. The van der Waals surface area contributed by atoms with Crippen LogP contribution < -0.4 is 5.11 Å². The van der Waals surface area contributed by atoms with Crippen molar-refractivity contribution < 1.29 is 36.6 Å². The largest absolute Gasteiger partial charge is 0.550 e. The fraction of sp³-hybridized carbons (Fsp3) is 0.500. The third-order valence-corrected chi connectivity index (χ3v) is 0. The first-order valence-corrected chi connectivity index (χ1v) is 2.00. The van der Waals surface area contributed by atoms with Gasteiger partial charge >= 0.3 is 0 Å². The van der Waals surface area contributed by atoms with Crippen LogP contribution in [0.3, 0.4) is 0 Å². The summed E-state index contributed by atoms with van der Waals surface area (Å²) in [6.45, 7) is 0.972. The van der Waals surface area contributed by atoms with Gasteiger partial charge in [-0.2, -0.15) is 0 Å². The van der Waals surface area contributed by atoms with Crippen molar-refractivity contribution >= 4 is 5.97 Å². The molecule has 82 valence electrons. The molecule has 0 heterocycles. The first-order chi connectivity index (χ1) is 5.20. The van der Waals surface area contributed by atoms with Gasteiger partial charge < -0.3 is 40.5 Å². The standard InChI is InChI=1S/C2H4O2.2NO3.Ni/c1-2(3)4;2*2-1(3)4;/h1H3,(H,3,4);;;/q;2*-1;/p-1. The van der Waals surface area contributed by atoms with E-state index in [0.717, 1.165) is 6.92 Å². The molecule has 0 bridgehead atoms. The summed E-state index contributed by atoms with van der Waals surface area (Å²) in [5.74, 6) is -1.08. The summed E-state index contributed by atoms with van der Waals surface area (Å²) < 4.78 is 0. The van der Waals surface area contributed by atoms with Crippen LogP contribution in [-0.2, 0) is 21.3 Å². The monoisotopic (exact) mass is 241 g/mol. The van der Waals surface area contributed by atoms with Crippen LogP contribution in [0.1, 0.15) is 6.92 Å². The zero-order valence-corrected chi connectivity index (χ0v) is 6.96. The molecular formula is C2H3N2NiO8-3. The van der Waals surface area contributed by atoms with Crippen LogP contribution in [0.5, 0.6) is 0 Å². The van der Waals surface area contributed by atoms with Crippen molar-refractivity contribution in [2.75, 3.05) is 0 Å². The van der Waals surface area contributed by atoms with Gasteiger partial charge in [-0.15, -0.1) is 0 Å². The molecule has 0 aliphatic rings. The fourth-order valence-electron chi connectivity index (χ4n) is 0. The first kappa shape index (κ1) is 22.5. The van der Waals surface area contributed by atoms with E-state index >= 15 is 0 Å². The molecule has 0 saturated carbocycles. The van der Waals surface area contributed by atoms with E-state index < -0.39 is 16.1 Å². The molecule has 0 aromatic heterocycles. The van der Waals surface area contributed by atoms with Crippen LogP contribution in [0, 0.1) is 30.6 Å². The molecule has 0 rings (SSSR count). The van der Waals surface area contributed by atoms with E-state index in [0.29, 0.717) is 0 Å². The van der Waals surface area contributed by atoms with Crippen LogP contribution in [0.4, 0.5) is 0 Å². The van der Waals surface area contributed by atoms with Crippen molar-refractivity contribution in [3.8, 4) is 0 Å². The Hall–Kier alpha value is -1.64. The zero-order valence-electron chi connectivity index (χ0n) is 5.98. The van der Waals surface area contributed by atoms with Crippen LogP contribution in [-0.4, -0.2) is 16.1 Å². The van der Waals surface area contributed by atoms with Gasteiger partial charge in [-0.05, 0) is 6.92 Å². The van der Waals surface area contributed by atoms with Gasteiger partial charge in [-0.25, -0.2) is 0 Å². The molecule has 0 aliphatic carbocycles. The summed E-state index contributed by atoms with van der Waals surface area (Å²) in [7, 11) is 0. The summed E-state index contributed by atoms with van der Waals surface area (Å²) in [5, 5.41) is 38.4. The molecule has 11 heteroatoms. The molecule has 0 radical (unpaired) electrons. The summed E-state index contributed by atoms with van der Waals surface area (Å²) in [5.41, 5.74) is 0. The Balaban J connectivity index is -0.0000000450. The molecule has 13 heavy (non-hydrogen) atoms. The predicted molar refractivity (Wildman–Crippen MR) is 31.4 cm³/mol. The van der Waals surface area contributed by atoms with E-state index in [1.807, 2.05) is 0 Å². The van der Waals surface area contributed by atoms with Gasteiger partial charge in [0.25, 0.3) is 0 Å². The minimum atomic E-state index is -1.75. The predicted octanol–water partition coefficient (Wildman–Crippen LogP) is -1.72. The quantitative estimate of drug-likeness (QED) is 0.273. The summed E-state index contributed by atoms with van der Waals surface area (Å²) in [4.78, 5) is 25.4. The molecule has 0 atom stereocenters. The number of carboxylic acids is 1. The van der Waals surface area contributed by atoms with Crippen molar-refractivity contribution in [1.82, 2.24) is 0 Å². The third kappa shape index (κ3) is 271. The van der Waals surface area contributed by atoms with Crippen LogP contribution in [0.2, 0.25) is 0 Å². The molecule has 0 saturated heterocycles. The van der Waals surface area contributed by atoms with Gasteiger partial charge in [0, 0.05) is 22.5 Å². The van der Waals surface area contributed by atoms with Crippen molar-refractivity contribution in [2.24, 2.45) is 0 Å². The number of carboxylic acid groups (broad SMARTS) is 1. The molecular weight excluding hydrogens is 239 g/mol. The number of hydrogen-bond acceptors (Lipinski definition) is 8. The van der Waals surface area contributed by atoms with E-state index in [1.165, 1.54) is 0 Å². The topological polar surface area (TPSA) is 173 Å². The van der Waals surface area contributed by atoms with Crippen LogP contribution >= 0.6 is 0 Å². The smallest absolute Gasteiger partial charge is 0.0689 e. The first-order valence-electron chi connectivity index (χ1n) is 2.00. The van der Waals surface area contributed by atoms with Crippen LogP contribution in [0.25, 0.3) is 0 Å². The Morgan fingerprint density at radius 1 is 1.00 bits per heavy atom. The number of nitrogens with zero attached hydrogens (tertiary/aromatic N) is 2. The van der Waals surface area contributed by atoms with Crippen molar-refractivity contribution in [3.05, 3.63) is 30.6 Å². The average Bonchev–Trinajstić information content (AvgIpc) is 1.54. The van der Waals surface area contributed by atoms with Gasteiger partial charge in [0.15, 0.2) is 0 Å². The SMILES string of the molecule is CC(=O)[O-].O=[N+]([O-])[O-].O=[N+]([O-])[O-].[Ni]. The summed E-state index contributed by atoms with van der Waals surface area (Å²) in [6.07, 6.45) is 0. The molecule has 0 spiro atoms. The molecule has 0 unspecified atom stereocenters. The Kier molecular flexibility index (Phi) is 29.0. The van der Waals surface area contributed by atoms with Gasteiger partial charge in [0.05, 0.1) is 10.2 Å². The maximum atomic E-state index is 8.89. The second-order valence-electron chi connectivity index (χ2n) is 0.939. The fourth-order valence-corrected chi connectivity index (χ4v) is 0. The van der Waals surface area contributed by atoms with E-state index in [1.54, 1.807) is 0 Å². The van der Waals surface area contributed by atoms with E-state index in [4.69, 9.17) is 40.5 Å². The molecule has 10 nitrogen and oxygen atoms in total. The molecule has 0 amide bonds. The van der Waals surface area contributed by atoms with Crippen LogP contribution in [0.15, 0.2) is 0 Å². The number of rotatable bonds is 0. The van der Waals surface area contributed by atoms with Crippen molar-refractivity contribution in [1.29, 1.82) is 0 Å². The van der Waals surface area contributed by atoms with Gasteiger partial charge in [-0.3, -0.25) is 0 Å². The molecule has 0 aliphatic heterocycles. The van der Waals surface area contributed by atoms with Crippen molar-refractivity contribution in [2.45, 2.75) is 6.92 Å². The molecule has 0 aromatic carbocycles. The Bertz CT molecular complexity index is 118. The van der Waals surface area contributed by atoms with Crippen molar-refractivity contribution in [3.63, 3.8) is 0 Å². The normalized spacial score (nSPS) is 5.62. The van der Waals surface area contributed by atoms with Gasteiger partial charge in [0.1, 0.15) is 0 Å². The van der Waals surface area contributed by atoms with E-state index in [9.17, 15) is 0 Å².